The fourth-order valence-corrected chi connectivity index (χ4v) is 2.40. The average Bonchev–Trinajstić information content (AvgIpc) is 2.58. The lowest BCUT2D eigenvalue weighted by Crippen LogP contribution is -2.10. The highest BCUT2D eigenvalue weighted by molar-refractivity contribution is 6.30. The molecule has 88 valence electrons. The number of nitrogens with two attached hydrogens (primary N) is 1. The second kappa shape index (κ2) is 4.08. The summed E-state index contributed by atoms with van der Waals surface area (Å²) in [6, 6.07) is 7.63. The van der Waals surface area contributed by atoms with Crippen molar-refractivity contribution in [1.29, 1.82) is 0 Å². The van der Waals surface area contributed by atoms with Gasteiger partial charge in [0, 0.05) is 10.9 Å². The Morgan fingerprint density at radius 3 is 2.82 bits per heavy atom. The van der Waals surface area contributed by atoms with Crippen LogP contribution < -0.4 is 5.73 Å². The summed E-state index contributed by atoms with van der Waals surface area (Å²) in [6.07, 6.45) is 3.59. The van der Waals surface area contributed by atoms with Crippen molar-refractivity contribution in [1.82, 2.24) is 5.16 Å². The van der Waals surface area contributed by atoms with Crippen LogP contribution in [0.1, 0.15) is 30.9 Å². The third-order valence-electron chi connectivity index (χ3n) is 3.35. The number of halogens is 1. The summed E-state index contributed by atoms with van der Waals surface area (Å²) in [7, 11) is 0. The molecular weight excluding hydrogens is 236 g/mol. The molecule has 17 heavy (non-hydrogen) atoms. The molecule has 0 radical (unpaired) electrons. The predicted octanol–water partition coefficient (Wildman–Crippen LogP) is 3.84. The Morgan fingerprint density at radius 2 is 2.18 bits per heavy atom. The third-order valence-corrected chi connectivity index (χ3v) is 3.59. The Balaban J connectivity index is 2.09. The van der Waals surface area contributed by atoms with Gasteiger partial charge in [0.2, 0.25) is 5.88 Å². The maximum atomic E-state index is 6.00. The van der Waals surface area contributed by atoms with Crippen LogP contribution in [0.2, 0.25) is 5.02 Å². The van der Waals surface area contributed by atoms with Crippen molar-refractivity contribution in [2.75, 3.05) is 5.73 Å². The zero-order chi connectivity index (χ0) is 11.8. The van der Waals surface area contributed by atoms with E-state index in [9.17, 15) is 0 Å². The zero-order valence-electron chi connectivity index (χ0n) is 9.32. The van der Waals surface area contributed by atoms with Crippen LogP contribution in [0.5, 0.6) is 0 Å². The molecule has 2 N–H and O–H groups in total. The number of benzene rings is 1. The minimum absolute atomic E-state index is 0.383. The number of anilines is 1. The molecule has 2 aromatic rings. The summed E-state index contributed by atoms with van der Waals surface area (Å²) in [6.45, 7) is 0. The largest absolute Gasteiger partial charge is 0.367 e. The predicted molar refractivity (Wildman–Crippen MR) is 68.0 cm³/mol. The van der Waals surface area contributed by atoms with Gasteiger partial charge in [-0.05, 0) is 30.5 Å². The fraction of sp³-hybridized carbons (Fsp3) is 0.308. The smallest absolute Gasteiger partial charge is 0.230 e. The van der Waals surface area contributed by atoms with Crippen LogP contribution in [0.4, 0.5) is 5.88 Å². The zero-order valence-corrected chi connectivity index (χ0v) is 10.1. The minimum Gasteiger partial charge on any atom is -0.367 e. The first kappa shape index (κ1) is 10.7. The Hall–Kier alpha value is -1.48. The normalized spacial score (nSPS) is 15.8. The first-order valence-corrected chi connectivity index (χ1v) is 6.14. The van der Waals surface area contributed by atoms with E-state index < -0.39 is 0 Å². The third kappa shape index (κ3) is 1.80. The molecule has 1 aromatic heterocycles. The Kier molecular flexibility index (Phi) is 2.56. The maximum absolute atomic E-state index is 6.00. The van der Waals surface area contributed by atoms with Gasteiger partial charge < -0.3 is 10.3 Å². The minimum atomic E-state index is 0.383. The lowest BCUT2D eigenvalue weighted by molar-refractivity contribution is 0.369. The van der Waals surface area contributed by atoms with Crippen LogP contribution >= 0.6 is 11.6 Å². The van der Waals surface area contributed by atoms with Crippen LogP contribution in [0.15, 0.2) is 28.8 Å². The number of nitrogen functional groups attached to an aromatic ring is 1. The van der Waals surface area contributed by atoms with Crippen LogP contribution in [-0.2, 0) is 0 Å². The molecule has 3 nitrogen and oxygen atoms in total. The molecule has 0 unspecified atom stereocenters. The molecule has 4 heteroatoms. The fourth-order valence-electron chi connectivity index (χ4n) is 2.21. The van der Waals surface area contributed by atoms with E-state index >= 15 is 0 Å². The molecular formula is C13H13ClN2O. The molecule has 1 aliphatic carbocycles. The van der Waals surface area contributed by atoms with Crippen LogP contribution in [0.3, 0.4) is 0 Å². The molecule has 1 fully saturated rings. The van der Waals surface area contributed by atoms with E-state index in [0.29, 0.717) is 16.8 Å². The molecule has 0 bridgehead atoms. The topological polar surface area (TPSA) is 52.0 Å². The van der Waals surface area contributed by atoms with Crippen molar-refractivity contribution in [3.8, 4) is 11.1 Å². The molecule has 0 aliphatic heterocycles. The molecule has 0 spiro atoms. The molecule has 1 aromatic carbocycles. The highest BCUT2D eigenvalue weighted by Gasteiger charge is 2.28. The first-order valence-electron chi connectivity index (χ1n) is 5.76. The Bertz CT molecular complexity index is 546. The maximum Gasteiger partial charge on any atom is 0.230 e. The SMILES string of the molecule is Nc1onc(C2CCC2)c1-c1cccc(Cl)c1. The summed E-state index contributed by atoms with van der Waals surface area (Å²) in [5.74, 6) is 0.874. The Labute approximate surface area is 105 Å². The van der Waals surface area contributed by atoms with Gasteiger partial charge in [-0.1, -0.05) is 35.3 Å². The highest BCUT2D eigenvalue weighted by Crippen LogP contribution is 2.43. The Morgan fingerprint density at radius 1 is 1.35 bits per heavy atom. The van der Waals surface area contributed by atoms with Crippen molar-refractivity contribution >= 4 is 17.5 Å². The van der Waals surface area contributed by atoms with E-state index in [-0.39, 0.29) is 0 Å². The molecule has 1 saturated carbocycles. The number of nitrogens with zero attached hydrogens (tertiary/aromatic N) is 1. The monoisotopic (exact) mass is 248 g/mol. The second-order valence-corrected chi connectivity index (χ2v) is 4.88. The van der Waals surface area contributed by atoms with Crippen LogP contribution in [-0.4, -0.2) is 5.16 Å². The van der Waals surface area contributed by atoms with Gasteiger partial charge in [0.1, 0.15) is 0 Å². The van der Waals surface area contributed by atoms with Gasteiger partial charge in [-0.25, -0.2) is 0 Å². The standard InChI is InChI=1S/C13H13ClN2O/c14-10-6-2-5-9(7-10)11-12(8-3-1-4-8)16-17-13(11)15/h2,5-8H,1,3-4,15H2. The van der Waals surface area contributed by atoms with Gasteiger partial charge in [-0.3, -0.25) is 0 Å². The van der Waals surface area contributed by atoms with Crippen molar-refractivity contribution in [2.24, 2.45) is 0 Å². The molecule has 3 rings (SSSR count). The summed E-state index contributed by atoms with van der Waals surface area (Å²) in [5.41, 5.74) is 8.75. The second-order valence-electron chi connectivity index (χ2n) is 4.45. The van der Waals surface area contributed by atoms with E-state index in [1.54, 1.807) is 0 Å². The van der Waals surface area contributed by atoms with Gasteiger partial charge in [0.15, 0.2) is 0 Å². The van der Waals surface area contributed by atoms with E-state index in [2.05, 4.69) is 5.16 Å². The first-order chi connectivity index (χ1) is 8.25. The van der Waals surface area contributed by atoms with Gasteiger partial charge in [-0.15, -0.1) is 0 Å². The van der Waals surface area contributed by atoms with E-state index in [1.165, 1.54) is 19.3 Å². The lowest BCUT2D eigenvalue weighted by Gasteiger charge is -2.23. The molecule has 0 atom stereocenters. The molecule has 1 aliphatic rings. The van der Waals surface area contributed by atoms with Crippen molar-refractivity contribution < 1.29 is 4.52 Å². The van der Waals surface area contributed by atoms with Crippen LogP contribution in [0, 0.1) is 0 Å². The van der Waals surface area contributed by atoms with Gasteiger partial charge >= 0.3 is 0 Å². The number of aromatic nitrogens is 1. The van der Waals surface area contributed by atoms with Crippen molar-refractivity contribution in [3.05, 3.63) is 35.0 Å². The van der Waals surface area contributed by atoms with E-state index in [0.717, 1.165) is 16.8 Å². The summed E-state index contributed by atoms with van der Waals surface area (Å²) in [4.78, 5) is 0. The number of hydrogen-bond acceptors (Lipinski definition) is 3. The van der Waals surface area contributed by atoms with E-state index in [1.807, 2.05) is 24.3 Å². The average molecular weight is 249 g/mol. The van der Waals surface area contributed by atoms with Crippen molar-refractivity contribution in [2.45, 2.75) is 25.2 Å². The molecule has 0 amide bonds. The van der Waals surface area contributed by atoms with Crippen LogP contribution in [0.25, 0.3) is 11.1 Å². The number of hydrogen-bond donors (Lipinski definition) is 1. The van der Waals surface area contributed by atoms with Gasteiger partial charge in [0.05, 0.1) is 11.3 Å². The van der Waals surface area contributed by atoms with Gasteiger partial charge in [-0.2, -0.15) is 0 Å². The summed E-state index contributed by atoms with van der Waals surface area (Å²) >= 11 is 6.00. The van der Waals surface area contributed by atoms with E-state index in [4.69, 9.17) is 21.9 Å². The lowest BCUT2D eigenvalue weighted by atomic mass is 9.80. The quantitative estimate of drug-likeness (QED) is 0.878. The summed E-state index contributed by atoms with van der Waals surface area (Å²) < 4.78 is 5.13. The van der Waals surface area contributed by atoms with Gasteiger partial charge in [0.25, 0.3) is 0 Å². The highest BCUT2D eigenvalue weighted by atomic mass is 35.5. The molecule has 1 heterocycles. The van der Waals surface area contributed by atoms with Crippen molar-refractivity contribution in [3.63, 3.8) is 0 Å². The number of rotatable bonds is 2. The summed E-state index contributed by atoms with van der Waals surface area (Å²) in [5, 5.41) is 4.80. The molecule has 0 saturated heterocycles.